The molecule has 0 aliphatic carbocycles. The minimum Gasteiger partial charge on any atom is -0.494 e. The minimum atomic E-state index is -0.169. The Morgan fingerprint density at radius 1 is 1.41 bits per heavy atom. The van der Waals surface area contributed by atoms with Gasteiger partial charge in [0.25, 0.3) is 0 Å². The number of ether oxygens (including phenoxy) is 1. The molecule has 0 saturated carbocycles. The molecule has 1 aromatic carbocycles. The fourth-order valence-corrected chi connectivity index (χ4v) is 1.47. The number of anilines is 1. The molecule has 94 valence electrons. The first-order valence-corrected chi connectivity index (χ1v) is 5.68. The molecule has 1 aromatic rings. The van der Waals surface area contributed by atoms with Crippen LogP contribution < -0.4 is 15.8 Å². The van der Waals surface area contributed by atoms with Gasteiger partial charge in [0, 0.05) is 5.69 Å². The second-order valence-electron chi connectivity index (χ2n) is 3.59. The Hall–Kier alpha value is -1.91. The average Bonchev–Trinajstić information content (AvgIpc) is 2.37. The van der Waals surface area contributed by atoms with Gasteiger partial charge in [0.05, 0.1) is 12.6 Å². The Morgan fingerprint density at radius 3 is 2.53 bits per heavy atom. The first-order valence-electron chi connectivity index (χ1n) is 5.68. The van der Waals surface area contributed by atoms with Gasteiger partial charge in [-0.15, -0.1) is 0 Å². The fourth-order valence-electron chi connectivity index (χ4n) is 1.47. The molecule has 0 aromatic heterocycles. The number of hydrogen-bond acceptors (Lipinski definition) is 4. The number of oxime groups is 1. The van der Waals surface area contributed by atoms with Gasteiger partial charge < -0.3 is 21.0 Å². The van der Waals surface area contributed by atoms with Crippen LogP contribution in [0.5, 0.6) is 5.75 Å². The van der Waals surface area contributed by atoms with Gasteiger partial charge in [0.1, 0.15) is 5.75 Å². The molecule has 0 amide bonds. The predicted octanol–water partition coefficient (Wildman–Crippen LogP) is 2.02. The van der Waals surface area contributed by atoms with Crippen LogP contribution in [0, 0.1) is 0 Å². The van der Waals surface area contributed by atoms with Crippen molar-refractivity contribution in [3.8, 4) is 5.75 Å². The molecule has 0 radical (unpaired) electrons. The summed E-state index contributed by atoms with van der Waals surface area (Å²) in [6, 6.07) is 7.39. The van der Waals surface area contributed by atoms with Crippen molar-refractivity contribution >= 4 is 11.5 Å². The fraction of sp³-hybridized carbons (Fsp3) is 0.417. The first-order chi connectivity index (χ1) is 8.21. The molecule has 17 heavy (non-hydrogen) atoms. The highest BCUT2D eigenvalue weighted by Gasteiger charge is 2.10. The lowest BCUT2D eigenvalue weighted by Crippen LogP contribution is -2.35. The van der Waals surface area contributed by atoms with Crippen LogP contribution in [0.4, 0.5) is 5.69 Å². The van der Waals surface area contributed by atoms with Crippen LogP contribution in [-0.4, -0.2) is 23.7 Å². The molecule has 5 heteroatoms. The van der Waals surface area contributed by atoms with Crippen molar-refractivity contribution in [2.45, 2.75) is 26.3 Å². The van der Waals surface area contributed by atoms with E-state index in [1.807, 2.05) is 38.1 Å². The highest BCUT2D eigenvalue weighted by Crippen LogP contribution is 2.16. The van der Waals surface area contributed by atoms with E-state index in [0.717, 1.165) is 17.9 Å². The van der Waals surface area contributed by atoms with Crippen LogP contribution in [0.1, 0.15) is 20.3 Å². The Labute approximate surface area is 101 Å². The summed E-state index contributed by atoms with van der Waals surface area (Å²) < 4.78 is 5.34. The van der Waals surface area contributed by atoms with Crippen molar-refractivity contribution in [2.24, 2.45) is 10.9 Å². The predicted molar refractivity (Wildman–Crippen MR) is 68.7 cm³/mol. The third-order valence-electron chi connectivity index (χ3n) is 2.39. The van der Waals surface area contributed by atoms with Crippen LogP contribution >= 0.6 is 0 Å². The average molecular weight is 237 g/mol. The van der Waals surface area contributed by atoms with E-state index in [0.29, 0.717) is 6.61 Å². The molecule has 0 aliphatic heterocycles. The quantitative estimate of drug-likeness (QED) is 0.306. The highest BCUT2D eigenvalue weighted by molar-refractivity contribution is 5.87. The zero-order valence-electron chi connectivity index (χ0n) is 10.2. The number of amidine groups is 1. The van der Waals surface area contributed by atoms with Gasteiger partial charge in [0.2, 0.25) is 0 Å². The van der Waals surface area contributed by atoms with Gasteiger partial charge in [-0.3, -0.25) is 0 Å². The van der Waals surface area contributed by atoms with Crippen molar-refractivity contribution < 1.29 is 9.94 Å². The first kappa shape index (κ1) is 13.2. The second-order valence-corrected chi connectivity index (χ2v) is 3.59. The summed E-state index contributed by atoms with van der Waals surface area (Å²) >= 11 is 0. The van der Waals surface area contributed by atoms with E-state index in [1.165, 1.54) is 0 Å². The monoisotopic (exact) mass is 237 g/mol. The zero-order chi connectivity index (χ0) is 12.7. The van der Waals surface area contributed by atoms with E-state index in [2.05, 4.69) is 10.5 Å². The molecule has 1 unspecified atom stereocenters. The third-order valence-corrected chi connectivity index (χ3v) is 2.39. The van der Waals surface area contributed by atoms with Crippen molar-refractivity contribution in [1.29, 1.82) is 0 Å². The molecular formula is C12H19N3O2. The molecule has 4 N–H and O–H groups in total. The molecular weight excluding hydrogens is 218 g/mol. The smallest absolute Gasteiger partial charge is 0.161 e. The number of rotatable bonds is 6. The number of nitrogens with two attached hydrogens (primary N) is 1. The van der Waals surface area contributed by atoms with Crippen LogP contribution in [0.25, 0.3) is 0 Å². The Balaban J connectivity index is 2.67. The van der Waals surface area contributed by atoms with E-state index >= 15 is 0 Å². The largest absolute Gasteiger partial charge is 0.494 e. The number of benzene rings is 1. The second kappa shape index (κ2) is 6.62. The maximum atomic E-state index is 8.63. The molecule has 0 saturated heterocycles. The molecule has 5 nitrogen and oxygen atoms in total. The Morgan fingerprint density at radius 2 is 2.06 bits per heavy atom. The summed E-state index contributed by atoms with van der Waals surface area (Å²) in [6.07, 6.45) is 0.739. The van der Waals surface area contributed by atoms with E-state index in [-0.39, 0.29) is 11.9 Å². The molecule has 0 aliphatic rings. The summed E-state index contributed by atoms with van der Waals surface area (Å²) in [4.78, 5) is 0. The summed E-state index contributed by atoms with van der Waals surface area (Å²) in [7, 11) is 0. The van der Waals surface area contributed by atoms with Crippen molar-refractivity contribution in [1.82, 2.24) is 0 Å². The molecule has 1 atom stereocenters. The summed E-state index contributed by atoms with van der Waals surface area (Å²) in [5, 5.41) is 14.8. The van der Waals surface area contributed by atoms with E-state index in [4.69, 9.17) is 15.7 Å². The van der Waals surface area contributed by atoms with Gasteiger partial charge in [0.15, 0.2) is 5.84 Å². The SMILES string of the molecule is CCOc1ccc(NC(CC)C(N)=NO)cc1. The summed E-state index contributed by atoms with van der Waals surface area (Å²) in [6.45, 7) is 4.55. The minimum absolute atomic E-state index is 0.169. The highest BCUT2D eigenvalue weighted by atomic mass is 16.5. The molecule has 0 bridgehead atoms. The van der Waals surface area contributed by atoms with E-state index < -0.39 is 0 Å². The van der Waals surface area contributed by atoms with Crippen molar-refractivity contribution in [3.05, 3.63) is 24.3 Å². The maximum Gasteiger partial charge on any atom is 0.161 e. The van der Waals surface area contributed by atoms with Crippen molar-refractivity contribution in [3.63, 3.8) is 0 Å². The molecule has 0 fully saturated rings. The van der Waals surface area contributed by atoms with Gasteiger partial charge in [-0.05, 0) is 37.6 Å². The van der Waals surface area contributed by atoms with Crippen molar-refractivity contribution in [2.75, 3.05) is 11.9 Å². The van der Waals surface area contributed by atoms with Gasteiger partial charge in [-0.25, -0.2) is 0 Å². The number of nitrogens with zero attached hydrogens (tertiary/aromatic N) is 1. The zero-order valence-corrected chi connectivity index (χ0v) is 10.2. The van der Waals surface area contributed by atoms with Crippen LogP contribution in [0.3, 0.4) is 0 Å². The van der Waals surface area contributed by atoms with Gasteiger partial charge >= 0.3 is 0 Å². The van der Waals surface area contributed by atoms with Crippen LogP contribution in [-0.2, 0) is 0 Å². The Kier molecular flexibility index (Phi) is 5.13. The lowest BCUT2D eigenvalue weighted by atomic mass is 10.2. The maximum absolute atomic E-state index is 8.63. The van der Waals surface area contributed by atoms with Crippen LogP contribution in [0.2, 0.25) is 0 Å². The number of nitrogens with one attached hydrogen (secondary N) is 1. The summed E-state index contributed by atoms with van der Waals surface area (Å²) in [5.74, 6) is 1.01. The lowest BCUT2D eigenvalue weighted by Gasteiger charge is -2.16. The lowest BCUT2D eigenvalue weighted by molar-refractivity contribution is 0.316. The topological polar surface area (TPSA) is 79.9 Å². The number of hydrogen-bond donors (Lipinski definition) is 3. The Bertz CT molecular complexity index is 363. The molecule has 1 rings (SSSR count). The van der Waals surface area contributed by atoms with E-state index in [9.17, 15) is 0 Å². The van der Waals surface area contributed by atoms with E-state index in [1.54, 1.807) is 0 Å². The van der Waals surface area contributed by atoms with Gasteiger partial charge in [-0.2, -0.15) is 0 Å². The third kappa shape index (κ3) is 3.86. The normalized spacial score (nSPS) is 13.2. The van der Waals surface area contributed by atoms with Gasteiger partial charge in [-0.1, -0.05) is 12.1 Å². The summed E-state index contributed by atoms with van der Waals surface area (Å²) in [5.41, 5.74) is 6.48. The molecule has 0 spiro atoms. The standard InChI is InChI=1S/C12H19N3O2/c1-3-11(12(13)15-16)14-9-5-7-10(8-6-9)17-4-2/h5-8,11,14,16H,3-4H2,1-2H3,(H2,13,15). The molecule has 0 heterocycles. The van der Waals surface area contributed by atoms with Crippen LogP contribution in [0.15, 0.2) is 29.4 Å².